The topological polar surface area (TPSA) is 89.9 Å². The van der Waals surface area contributed by atoms with Crippen molar-refractivity contribution < 1.29 is 19.1 Å². The van der Waals surface area contributed by atoms with E-state index in [0.29, 0.717) is 10.7 Å². The molecule has 3 rings (SSSR count). The SMILES string of the molecule is O=C1CC(COC(=O)Oc2cccnc2)C(c2ccc(Cl)cc2)=NN1. The maximum absolute atomic E-state index is 11.8. The van der Waals surface area contributed by atoms with Crippen LogP contribution in [0, 0.1) is 5.92 Å². The number of benzene rings is 1. The fourth-order valence-corrected chi connectivity index (χ4v) is 2.47. The molecule has 1 aliphatic heterocycles. The van der Waals surface area contributed by atoms with E-state index in [4.69, 9.17) is 21.1 Å². The molecule has 0 bridgehead atoms. The van der Waals surface area contributed by atoms with E-state index in [0.717, 1.165) is 5.56 Å². The highest BCUT2D eigenvalue weighted by atomic mass is 35.5. The molecule has 8 heteroatoms. The molecule has 0 fully saturated rings. The lowest BCUT2D eigenvalue weighted by atomic mass is 9.93. The summed E-state index contributed by atoms with van der Waals surface area (Å²) < 4.78 is 10.1. The lowest BCUT2D eigenvalue weighted by Crippen LogP contribution is -2.36. The van der Waals surface area contributed by atoms with Gasteiger partial charge in [0.2, 0.25) is 5.91 Å². The Bertz CT molecular complexity index is 793. The third-order valence-corrected chi connectivity index (χ3v) is 3.75. The number of hydrogen-bond acceptors (Lipinski definition) is 6. The van der Waals surface area contributed by atoms with E-state index in [2.05, 4.69) is 15.5 Å². The summed E-state index contributed by atoms with van der Waals surface area (Å²) >= 11 is 5.89. The first-order valence-corrected chi connectivity index (χ1v) is 7.86. The average molecular weight is 360 g/mol. The Morgan fingerprint density at radius 2 is 2.08 bits per heavy atom. The van der Waals surface area contributed by atoms with Crippen LogP contribution >= 0.6 is 11.6 Å². The third kappa shape index (κ3) is 4.54. The minimum Gasteiger partial charge on any atom is -0.433 e. The molecule has 0 spiro atoms. The summed E-state index contributed by atoms with van der Waals surface area (Å²) in [7, 11) is 0. The molecule has 2 heterocycles. The van der Waals surface area contributed by atoms with Crippen LogP contribution < -0.4 is 10.2 Å². The molecule has 0 saturated heterocycles. The van der Waals surface area contributed by atoms with Crippen LogP contribution in [0.4, 0.5) is 4.79 Å². The Labute approximate surface area is 148 Å². The third-order valence-electron chi connectivity index (χ3n) is 3.50. The number of aromatic nitrogens is 1. The van der Waals surface area contributed by atoms with Crippen molar-refractivity contribution in [2.75, 3.05) is 6.61 Å². The monoisotopic (exact) mass is 359 g/mol. The molecule has 1 aromatic carbocycles. The van der Waals surface area contributed by atoms with Crippen molar-refractivity contribution in [3.8, 4) is 5.75 Å². The zero-order valence-electron chi connectivity index (χ0n) is 13.0. The van der Waals surface area contributed by atoms with Gasteiger partial charge in [0, 0.05) is 23.6 Å². The molecular formula is C17H14ClN3O4. The quantitative estimate of drug-likeness (QED) is 0.848. The molecule has 1 aliphatic rings. The summed E-state index contributed by atoms with van der Waals surface area (Å²) in [5.74, 6) is -0.344. The van der Waals surface area contributed by atoms with Crippen molar-refractivity contribution in [2.45, 2.75) is 6.42 Å². The van der Waals surface area contributed by atoms with Crippen LogP contribution in [-0.2, 0) is 9.53 Å². The summed E-state index contributed by atoms with van der Waals surface area (Å²) in [5, 5.41) is 4.68. The van der Waals surface area contributed by atoms with Crippen LogP contribution in [0.25, 0.3) is 0 Å². The first-order chi connectivity index (χ1) is 12.1. The van der Waals surface area contributed by atoms with Gasteiger partial charge < -0.3 is 9.47 Å². The second-order valence-electron chi connectivity index (χ2n) is 5.29. The predicted octanol–water partition coefficient (Wildman–Crippen LogP) is 2.79. The number of carbonyl (C=O) groups excluding carboxylic acids is 2. The van der Waals surface area contributed by atoms with Crippen LogP contribution in [-0.4, -0.2) is 29.4 Å². The van der Waals surface area contributed by atoms with Gasteiger partial charge in [-0.2, -0.15) is 5.10 Å². The molecule has 25 heavy (non-hydrogen) atoms. The molecule has 1 unspecified atom stereocenters. The molecule has 0 radical (unpaired) electrons. The van der Waals surface area contributed by atoms with Gasteiger partial charge in [0.1, 0.15) is 6.61 Å². The van der Waals surface area contributed by atoms with Gasteiger partial charge in [-0.15, -0.1) is 0 Å². The molecule has 1 aromatic heterocycles. The van der Waals surface area contributed by atoms with Crippen molar-refractivity contribution in [1.82, 2.24) is 10.4 Å². The second-order valence-corrected chi connectivity index (χ2v) is 5.73. The predicted molar refractivity (Wildman–Crippen MR) is 90.5 cm³/mol. The minimum absolute atomic E-state index is 0.0338. The smallest absolute Gasteiger partial charge is 0.433 e. The Morgan fingerprint density at radius 1 is 1.28 bits per heavy atom. The molecule has 1 amide bonds. The van der Waals surface area contributed by atoms with E-state index in [-0.39, 0.29) is 30.6 Å². The maximum Gasteiger partial charge on any atom is 0.513 e. The molecular weight excluding hydrogens is 346 g/mol. The molecule has 2 aromatic rings. The van der Waals surface area contributed by atoms with E-state index in [1.165, 1.54) is 6.20 Å². The molecule has 7 nitrogen and oxygen atoms in total. The largest absolute Gasteiger partial charge is 0.513 e. The normalized spacial score (nSPS) is 16.6. The number of nitrogens with zero attached hydrogens (tertiary/aromatic N) is 2. The van der Waals surface area contributed by atoms with Crippen molar-refractivity contribution >= 4 is 29.4 Å². The number of ether oxygens (including phenoxy) is 2. The molecule has 1 atom stereocenters. The van der Waals surface area contributed by atoms with Crippen LogP contribution in [0.15, 0.2) is 53.9 Å². The van der Waals surface area contributed by atoms with E-state index >= 15 is 0 Å². The number of carbonyl (C=O) groups is 2. The Morgan fingerprint density at radius 3 is 2.80 bits per heavy atom. The number of hydrogen-bond donors (Lipinski definition) is 1. The van der Waals surface area contributed by atoms with Crippen LogP contribution in [0.1, 0.15) is 12.0 Å². The van der Waals surface area contributed by atoms with Crippen molar-refractivity contribution in [3.63, 3.8) is 0 Å². The lowest BCUT2D eigenvalue weighted by Gasteiger charge is -2.22. The van der Waals surface area contributed by atoms with Crippen LogP contribution in [0.5, 0.6) is 5.75 Å². The molecule has 128 valence electrons. The summed E-state index contributed by atoms with van der Waals surface area (Å²) in [6.07, 6.45) is 2.25. The summed E-state index contributed by atoms with van der Waals surface area (Å²) in [6, 6.07) is 10.3. The summed E-state index contributed by atoms with van der Waals surface area (Å²) in [4.78, 5) is 27.3. The number of amides is 1. The van der Waals surface area contributed by atoms with E-state index in [9.17, 15) is 9.59 Å². The van der Waals surface area contributed by atoms with Crippen molar-refractivity contribution in [1.29, 1.82) is 0 Å². The van der Waals surface area contributed by atoms with Crippen molar-refractivity contribution in [3.05, 3.63) is 59.4 Å². The molecule has 0 saturated carbocycles. The maximum atomic E-state index is 11.8. The van der Waals surface area contributed by atoms with Gasteiger partial charge in [0.05, 0.1) is 11.9 Å². The highest BCUT2D eigenvalue weighted by Gasteiger charge is 2.27. The molecule has 0 aliphatic carbocycles. The lowest BCUT2D eigenvalue weighted by molar-refractivity contribution is -0.122. The van der Waals surface area contributed by atoms with E-state index in [1.54, 1.807) is 42.6 Å². The fraction of sp³-hybridized carbons (Fsp3) is 0.176. The van der Waals surface area contributed by atoms with Gasteiger partial charge in [-0.25, -0.2) is 10.2 Å². The van der Waals surface area contributed by atoms with Gasteiger partial charge in [0.15, 0.2) is 5.75 Å². The fourth-order valence-electron chi connectivity index (χ4n) is 2.34. The standard InChI is InChI=1S/C17H14ClN3O4/c18-13-5-3-11(4-6-13)16-12(8-15(22)20-21-16)10-24-17(23)25-14-2-1-7-19-9-14/h1-7,9,12H,8,10H2,(H,20,22). The van der Waals surface area contributed by atoms with Crippen molar-refractivity contribution in [2.24, 2.45) is 11.0 Å². The van der Waals surface area contributed by atoms with E-state index < -0.39 is 6.16 Å². The zero-order chi connectivity index (χ0) is 17.6. The summed E-state index contributed by atoms with van der Waals surface area (Å²) in [5.41, 5.74) is 3.85. The number of hydrazone groups is 1. The molecule has 1 N–H and O–H groups in total. The van der Waals surface area contributed by atoms with Crippen LogP contribution in [0.3, 0.4) is 0 Å². The summed E-state index contributed by atoms with van der Waals surface area (Å²) in [6.45, 7) is -0.0338. The Kier molecular flexibility index (Phi) is 5.25. The van der Waals surface area contributed by atoms with Gasteiger partial charge in [-0.05, 0) is 29.8 Å². The number of halogens is 1. The number of pyridine rings is 1. The number of rotatable bonds is 4. The Hall–Kier alpha value is -2.93. The zero-order valence-corrected chi connectivity index (χ0v) is 13.8. The van der Waals surface area contributed by atoms with Gasteiger partial charge in [-0.3, -0.25) is 9.78 Å². The highest BCUT2D eigenvalue weighted by Crippen LogP contribution is 2.20. The average Bonchev–Trinajstić information content (AvgIpc) is 2.62. The minimum atomic E-state index is -0.866. The van der Waals surface area contributed by atoms with Gasteiger partial charge >= 0.3 is 6.16 Å². The van der Waals surface area contributed by atoms with E-state index in [1.807, 2.05) is 0 Å². The van der Waals surface area contributed by atoms with Gasteiger partial charge in [-0.1, -0.05) is 23.7 Å². The highest BCUT2D eigenvalue weighted by molar-refractivity contribution is 6.30. The van der Waals surface area contributed by atoms with Crippen LogP contribution in [0.2, 0.25) is 5.02 Å². The first kappa shape index (κ1) is 16.9. The Balaban J connectivity index is 1.65. The van der Waals surface area contributed by atoms with Gasteiger partial charge in [0.25, 0.3) is 0 Å². The first-order valence-electron chi connectivity index (χ1n) is 7.49. The number of nitrogens with one attached hydrogen (secondary N) is 1. The second kappa shape index (κ2) is 7.76.